The second kappa shape index (κ2) is 4.17. The summed E-state index contributed by atoms with van der Waals surface area (Å²) >= 11 is 0. The average Bonchev–Trinajstić information content (AvgIpc) is 2.64. The lowest BCUT2D eigenvalue weighted by Gasteiger charge is -2.04. The Morgan fingerprint density at radius 1 is 1.80 bits per heavy atom. The topological polar surface area (TPSA) is 133 Å². The number of aromatic nitrogens is 2. The van der Waals surface area contributed by atoms with E-state index >= 15 is 0 Å². The third-order valence-electron chi connectivity index (χ3n) is 1.66. The van der Waals surface area contributed by atoms with Crippen molar-refractivity contribution in [2.75, 3.05) is 10.5 Å². The normalized spacial score (nSPS) is 12.7. The number of sulfonamides is 1. The van der Waals surface area contributed by atoms with Crippen molar-refractivity contribution in [3.63, 3.8) is 0 Å². The highest BCUT2D eigenvalue weighted by atomic mass is 32.2. The van der Waals surface area contributed by atoms with Gasteiger partial charge in [0.15, 0.2) is 5.84 Å². The van der Waals surface area contributed by atoms with Crippen LogP contribution in [0.25, 0.3) is 0 Å². The maximum atomic E-state index is 11.2. The van der Waals surface area contributed by atoms with Gasteiger partial charge in [0.05, 0.1) is 17.5 Å². The summed E-state index contributed by atoms with van der Waals surface area (Å²) in [4.78, 5) is 0. The number of nitrogens with zero attached hydrogens (tertiary/aromatic N) is 2. The first-order valence-corrected chi connectivity index (χ1v) is 5.67. The predicted octanol–water partition coefficient (Wildman–Crippen LogP) is -0.734. The molecule has 0 aliphatic rings. The molecular weight excluding hydrogens is 222 g/mol. The number of rotatable bonds is 4. The van der Waals surface area contributed by atoms with Crippen molar-refractivity contribution >= 4 is 21.7 Å². The van der Waals surface area contributed by atoms with Gasteiger partial charge in [0.2, 0.25) is 10.0 Å². The van der Waals surface area contributed by atoms with Gasteiger partial charge in [0.25, 0.3) is 0 Å². The minimum Gasteiger partial charge on any atom is -0.409 e. The molecule has 0 unspecified atom stereocenters. The molecule has 0 bridgehead atoms. The highest BCUT2D eigenvalue weighted by molar-refractivity contribution is 7.92. The Labute approximate surface area is 86.2 Å². The first-order chi connectivity index (χ1) is 7.00. The average molecular weight is 233 g/mol. The molecule has 0 spiro atoms. The van der Waals surface area contributed by atoms with E-state index in [0.29, 0.717) is 0 Å². The highest BCUT2D eigenvalue weighted by Gasteiger charge is 2.14. The number of amidine groups is 1. The Kier molecular flexibility index (Phi) is 3.14. The van der Waals surface area contributed by atoms with Crippen LogP contribution in [0.1, 0.15) is 12.5 Å². The van der Waals surface area contributed by atoms with Crippen LogP contribution in [0.5, 0.6) is 0 Å². The Balaban J connectivity index is 3.02. The van der Waals surface area contributed by atoms with Crippen molar-refractivity contribution in [1.82, 2.24) is 10.2 Å². The van der Waals surface area contributed by atoms with Gasteiger partial charge in [-0.2, -0.15) is 5.10 Å². The summed E-state index contributed by atoms with van der Waals surface area (Å²) in [5.41, 5.74) is 5.49. The maximum Gasteiger partial charge on any atom is 0.233 e. The zero-order valence-corrected chi connectivity index (χ0v) is 8.74. The summed E-state index contributed by atoms with van der Waals surface area (Å²) in [7, 11) is -3.42. The third-order valence-corrected chi connectivity index (χ3v) is 2.94. The maximum absolute atomic E-state index is 11.2. The molecule has 0 saturated carbocycles. The third kappa shape index (κ3) is 2.59. The molecule has 5 N–H and O–H groups in total. The molecule has 0 amide bonds. The Bertz CT molecular complexity index is 463. The van der Waals surface area contributed by atoms with Crippen molar-refractivity contribution in [2.24, 2.45) is 10.9 Å². The van der Waals surface area contributed by atoms with Crippen LogP contribution in [0.3, 0.4) is 0 Å². The second-order valence-corrected chi connectivity index (χ2v) is 4.66. The van der Waals surface area contributed by atoms with E-state index in [0.717, 1.165) is 0 Å². The Hall–Kier alpha value is -1.77. The Morgan fingerprint density at radius 3 is 3.00 bits per heavy atom. The van der Waals surface area contributed by atoms with Crippen molar-refractivity contribution in [2.45, 2.75) is 6.92 Å². The molecule has 84 valence electrons. The van der Waals surface area contributed by atoms with Crippen LogP contribution >= 0.6 is 0 Å². The molecule has 9 heteroatoms. The fraction of sp³-hybridized carbons (Fsp3) is 0.333. The fourth-order valence-corrected chi connectivity index (χ4v) is 1.45. The summed E-state index contributed by atoms with van der Waals surface area (Å²) in [6.45, 7) is 1.49. The lowest BCUT2D eigenvalue weighted by molar-refractivity contribution is 0.318. The van der Waals surface area contributed by atoms with Gasteiger partial charge in [-0.15, -0.1) is 0 Å². The fourth-order valence-electron chi connectivity index (χ4n) is 0.840. The van der Waals surface area contributed by atoms with Gasteiger partial charge >= 0.3 is 0 Å². The van der Waals surface area contributed by atoms with Gasteiger partial charge in [0, 0.05) is 0 Å². The summed E-state index contributed by atoms with van der Waals surface area (Å²) in [6.07, 6.45) is 1.25. The summed E-state index contributed by atoms with van der Waals surface area (Å²) in [5.74, 6) is -0.230. The molecule has 0 aliphatic heterocycles. The van der Waals surface area contributed by atoms with E-state index in [4.69, 9.17) is 10.9 Å². The standard InChI is InChI=1S/C6H11N5O3S/c1-2-15(13,14)11-6-4(3-8-9-6)5(7)10-12/h3,12H,2H2,1H3,(H2,7,10)(H2,8,9,11). The highest BCUT2D eigenvalue weighted by Crippen LogP contribution is 2.12. The van der Waals surface area contributed by atoms with Crippen molar-refractivity contribution in [3.05, 3.63) is 11.8 Å². The lowest BCUT2D eigenvalue weighted by Crippen LogP contribution is -2.19. The minimum absolute atomic E-state index is 0.0761. The van der Waals surface area contributed by atoms with Crippen LogP contribution in [0.2, 0.25) is 0 Å². The molecule has 0 aliphatic carbocycles. The predicted molar refractivity (Wildman–Crippen MR) is 54.2 cm³/mol. The number of anilines is 1. The number of aromatic amines is 1. The largest absolute Gasteiger partial charge is 0.409 e. The zero-order valence-electron chi connectivity index (χ0n) is 7.93. The van der Waals surface area contributed by atoms with E-state index in [9.17, 15) is 8.42 Å². The van der Waals surface area contributed by atoms with Gasteiger partial charge in [-0.1, -0.05) is 5.16 Å². The van der Waals surface area contributed by atoms with Crippen LogP contribution in [0.4, 0.5) is 5.82 Å². The molecule has 1 aromatic heterocycles. The zero-order chi connectivity index (χ0) is 11.5. The van der Waals surface area contributed by atoms with Crippen LogP contribution in [-0.2, 0) is 10.0 Å². The van der Waals surface area contributed by atoms with E-state index in [-0.39, 0.29) is 23.0 Å². The molecule has 1 rings (SSSR count). The van der Waals surface area contributed by atoms with E-state index in [1.54, 1.807) is 0 Å². The number of nitrogens with two attached hydrogens (primary N) is 1. The quantitative estimate of drug-likeness (QED) is 0.235. The van der Waals surface area contributed by atoms with E-state index in [1.807, 2.05) is 0 Å². The van der Waals surface area contributed by atoms with Crippen LogP contribution in [-0.4, -0.2) is 35.4 Å². The molecule has 1 heterocycles. The van der Waals surface area contributed by atoms with Crippen molar-refractivity contribution < 1.29 is 13.6 Å². The molecule has 0 atom stereocenters. The molecular formula is C6H11N5O3S. The van der Waals surface area contributed by atoms with Crippen molar-refractivity contribution in [1.29, 1.82) is 0 Å². The molecule has 0 fully saturated rings. The van der Waals surface area contributed by atoms with E-state index in [1.165, 1.54) is 13.1 Å². The van der Waals surface area contributed by atoms with Crippen LogP contribution in [0.15, 0.2) is 11.4 Å². The SMILES string of the molecule is CCS(=O)(=O)Nc1[nH]ncc1C(N)=NO. The summed E-state index contributed by atoms with van der Waals surface area (Å²) in [5, 5.41) is 17.2. The van der Waals surface area contributed by atoms with Crippen LogP contribution < -0.4 is 10.5 Å². The summed E-state index contributed by atoms with van der Waals surface area (Å²) < 4.78 is 24.7. The smallest absolute Gasteiger partial charge is 0.233 e. The van der Waals surface area contributed by atoms with Crippen molar-refractivity contribution in [3.8, 4) is 0 Å². The molecule has 8 nitrogen and oxygen atoms in total. The molecule has 0 radical (unpaired) electrons. The van der Waals surface area contributed by atoms with Gasteiger partial charge in [-0.3, -0.25) is 9.82 Å². The minimum atomic E-state index is -3.42. The van der Waals surface area contributed by atoms with Gasteiger partial charge in [-0.25, -0.2) is 8.42 Å². The number of H-pyrrole nitrogens is 1. The van der Waals surface area contributed by atoms with E-state index in [2.05, 4.69) is 20.1 Å². The van der Waals surface area contributed by atoms with Gasteiger partial charge < -0.3 is 10.9 Å². The Morgan fingerprint density at radius 2 is 2.47 bits per heavy atom. The molecule has 0 saturated heterocycles. The number of hydrogen-bond donors (Lipinski definition) is 4. The summed E-state index contributed by atoms with van der Waals surface area (Å²) in [6, 6.07) is 0. The first kappa shape index (κ1) is 11.3. The first-order valence-electron chi connectivity index (χ1n) is 4.02. The molecule has 1 aromatic rings. The second-order valence-electron chi connectivity index (χ2n) is 2.65. The number of oxime groups is 1. The molecule has 15 heavy (non-hydrogen) atoms. The number of hydrogen-bond acceptors (Lipinski definition) is 5. The van der Waals surface area contributed by atoms with Gasteiger partial charge in [0.1, 0.15) is 5.82 Å². The monoisotopic (exact) mass is 233 g/mol. The molecule has 0 aromatic carbocycles. The van der Waals surface area contributed by atoms with Gasteiger partial charge in [-0.05, 0) is 6.92 Å². The van der Waals surface area contributed by atoms with E-state index < -0.39 is 10.0 Å². The lowest BCUT2D eigenvalue weighted by atomic mass is 10.3. The van der Waals surface area contributed by atoms with Crippen LogP contribution in [0, 0.1) is 0 Å². The number of nitrogens with one attached hydrogen (secondary N) is 2.